The zero-order valence-corrected chi connectivity index (χ0v) is 20.2. The number of hydrogen-bond donors (Lipinski definition) is 0. The van der Waals surface area contributed by atoms with Crippen molar-refractivity contribution in [3.63, 3.8) is 0 Å². The standard InChI is InChI=1S/C26H34N2O5/c1-6-12-27(13-7-2)24(29)16-21(28-17-18-10-8-9-11-20(18)26(28)30)19-14-22(31-3)25(33-5)23(15-19)32-4/h8-11,14-15,21H,6-7,12-13,16-17H2,1-5H3/t21-/m1/s1. The molecule has 0 unspecified atom stereocenters. The van der Waals surface area contributed by atoms with Crippen molar-refractivity contribution in [1.29, 1.82) is 0 Å². The molecule has 2 amide bonds. The molecular weight excluding hydrogens is 420 g/mol. The van der Waals surface area contributed by atoms with Gasteiger partial charge in [0.25, 0.3) is 5.91 Å². The van der Waals surface area contributed by atoms with E-state index in [2.05, 4.69) is 13.8 Å². The molecule has 1 aliphatic heterocycles. The van der Waals surface area contributed by atoms with E-state index in [0.717, 1.165) is 24.0 Å². The molecule has 3 rings (SSSR count). The molecule has 7 nitrogen and oxygen atoms in total. The van der Waals surface area contributed by atoms with E-state index in [1.54, 1.807) is 26.2 Å². The van der Waals surface area contributed by atoms with E-state index in [0.29, 0.717) is 42.4 Å². The zero-order valence-electron chi connectivity index (χ0n) is 20.2. The van der Waals surface area contributed by atoms with E-state index in [4.69, 9.17) is 14.2 Å². The van der Waals surface area contributed by atoms with Gasteiger partial charge in [0.2, 0.25) is 11.7 Å². The largest absolute Gasteiger partial charge is 0.493 e. The zero-order chi connectivity index (χ0) is 24.0. The van der Waals surface area contributed by atoms with Gasteiger partial charge in [0.05, 0.1) is 33.8 Å². The van der Waals surface area contributed by atoms with Gasteiger partial charge in [0.1, 0.15) is 0 Å². The smallest absolute Gasteiger partial charge is 0.255 e. The summed E-state index contributed by atoms with van der Waals surface area (Å²) in [5.74, 6) is 1.42. The predicted molar refractivity (Wildman–Crippen MR) is 127 cm³/mol. The molecule has 0 aromatic heterocycles. The number of amides is 2. The van der Waals surface area contributed by atoms with Crippen LogP contribution in [-0.4, -0.2) is 56.0 Å². The van der Waals surface area contributed by atoms with E-state index in [1.165, 1.54) is 0 Å². The van der Waals surface area contributed by atoms with Crippen LogP contribution in [0, 0.1) is 0 Å². The fourth-order valence-electron chi connectivity index (χ4n) is 4.43. The summed E-state index contributed by atoms with van der Waals surface area (Å²) in [5, 5.41) is 0. The summed E-state index contributed by atoms with van der Waals surface area (Å²) in [6.45, 7) is 5.97. The van der Waals surface area contributed by atoms with Crippen LogP contribution >= 0.6 is 0 Å². The number of methoxy groups -OCH3 is 3. The molecule has 33 heavy (non-hydrogen) atoms. The quantitative estimate of drug-likeness (QED) is 0.502. The first-order chi connectivity index (χ1) is 16.0. The molecule has 1 aliphatic rings. The van der Waals surface area contributed by atoms with Gasteiger partial charge >= 0.3 is 0 Å². The number of rotatable bonds is 11. The lowest BCUT2D eigenvalue weighted by Gasteiger charge is -2.31. The van der Waals surface area contributed by atoms with Crippen molar-refractivity contribution in [1.82, 2.24) is 9.80 Å². The Morgan fingerprint density at radius 1 is 1.00 bits per heavy atom. The minimum atomic E-state index is -0.470. The van der Waals surface area contributed by atoms with Crippen LogP contribution in [0.1, 0.15) is 60.6 Å². The minimum absolute atomic E-state index is 0.0289. The van der Waals surface area contributed by atoms with Crippen LogP contribution < -0.4 is 14.2 Å². The molecule has 7 heteroatoms. The molecule has 0 radical (unpaired) electrons. The van der Waals surface area contributed by atoms with Crippen molar-refractivity contribution >= 4 is 11.8 Å². The molecule has 0 fully saturated rings. The molecule has 0 saturated heterocycles. The average Bonchev–Trinajstić information content (AvgIpc) is 3.17. The molecule has 1 heterocycles. The molecule has 2 aromatic rings. The topological polar surface area (TPSA) is 68.3 Å². The van der Waals surface area contributed by atoms with Crippen molar-refractivity contribution in [3.05, 3.63) is 53.1 Å². The van der Waals surface area contributed by atoms with Crippen LogP contribution in [0.15, 0.2) is 36.4 Å². The number of hydrogen-bond acceptors (Lipinski definition) is 5. The summed E-state index contributed by atoms with van der Waals surface area (Å²) >= 11 is 0. The highest BCUT2D eigenvalue weighted by atomic mass is 16.5. The highest BCUT2D eigenvalue weighted by molar-refractivity contribution is 5.99. The van der Waals surface area contributed by atoms with Gasteiger partial charge in [-0.3, -0.25) is 9.59 Å². The monoisotopic (exact) mass is 454 g/mol. The predicted octanol–water partition coefficient (Wildman–Crippen LogP) is 4.45. The summed E-state index contributed by atoms with van der Waals surface area (Å²) in [6.07, 6.45) is 1.95. The Morgan fingerprint density at radius 2 is 1.61 bits per heavy atom. The molecular formula is C26H34N2O5. The lowest BCUT2D eigenvalue weighted by molar-refractivity contribution is -0.132. The van der Waals surface area contributed by atoms with Crippen LogP contribution in [-0.2, 0) is 11.3 Å². The second-order valence-electron chi connectivity index (χ2n) is 8.15. The van der Waals surface area contributed by atoms with Gasteiger partial charge in [-0.2, -0.15) is 0 Å². The van der Waals surface area contributed by atoms with Gasteiger partial charge in [-0.25, -0.2) is 0 Å². The van der Waals surface area contributed by atoms with Crippen molar-refractivity contribution in [3.8, 4) is 17.2 Å². The number of fused-ring (bicyclic) bond motifs is 1. The summed E-state index contributed by atoms with van der Waals surface area (Å²) in [5.41, 5.74) is 2.42. The Hall–Kier alpha value is -3.22. The maximum Gasteiger partial charge on any atom is 0.255 e. The first kappa shape index (κ1) is 24.4. The van der Waals surface area contributed by atoms with Crippen LogP contribution in [0.2, 0.25) is 0 Å². The van der Waals surface area contributed by atoms with E-state index < -0.39 is 6.04 Å². The lowest BCUT2D eigenvalue weighted by Crippen LogP contribution is -2.37. The Balaban J connectivity index is 2.05. The van der Waals surface area contributed by atoms with Crippen LogP contribution in [0.5, 0.6) is 17.2 Å². The number of benzene rings is 2. The summed E-state index contributed by atoms with van der Waals surface area (Å²) in [6, 6.07) is 10.8. The Kier molecular flexibility index (Phi) is 8.20. The molecule has 2 aromatic carbocycles. The molecule has 0 saturated carbocycles. The first-order valence-electron chi connectivity index (χ1n) is 11.4. The highest BCUT2D eigenvalue weighted by Crippen LogP contribution is 2.43. The summed E-state index contributed by atoms with van der Waals surface area (Å²) < 4.78 is 16.6. The second-order valence-corrected chi connectivity index (χ2v) is 8.15. The van der Waals surface area contributed by atoms with E-state index in [9.17, 15) is 9.59 Å². The molecule has 178 valence electrons. The van der Waals surface area contributed by atoms with Crippen molar-refractivity contribution < 1.29 is 23.8 Å². The van der Waals surface area contributed by atoms with E-state index in [-0.39, 0.29) is 18.2 Å². The Morgan fingerprint density at radius 3 is 2.12 bits per heavy atom. The van der Waals surface area contributed by atoms with Crippen LogP contribution in [0.25, 0.3) is 0 Å². The maximum atomic E-state index is 13.4. The third kappa shape index (κ3) is 5.07. The molecule has 0 aliphatic carbocycles. The minimum Gasteiger partial charge on any atom is -0.493 e. The SMILES string of the molecule is CCCN(CCC)C(=O)C[C@H](c1cc(OC)c(OC)c(OC)c1)N1Cc2ccccc2C1=O. The highest BCUT2D eigenvalue weighted by Gasteiger charge is 2.36. The first-order valence-corrected chi connectivity index (χ1v) is 11.4. The maximum absolute atomic E-state index is 13.4. The molecule has 0 N–H and O–H groups in total. The van der Waals surface area contributed by atoms with Crippen LogP contribution in [0.4, 0.5) is 0 Å². The van der Waals surface area contributed by atoms with Crippen molar-refractivity contribution in [2.24, 2.45) is 0 Å². The Bertz CT molecular complexity index is 959. The number of nitrogens with zero attached hydrogens (tertiary/aromatic N) is 2. The van der Waals surface area contributed by atoms with Gasteiger partial charge in [-0.05, 0) is 42.2 Å². The fourth-order valence-corrected chi connectivity index (χ4v) is 4.43. The average molecular weight is 455 g/mol. The van der Waals surface area contributed by atoms with Gasteiger partial charge in [0.15, 0.2) is 11.5 Å². The van der Waals surface area contributed by atoms with Gasteiger partial charge in [-0.1, -0.05) is 32.0 Å². The second kappa shape index (κ2) is 11.1. The Labute approximate surface area is 196 Å². The fraction of sp³-hybridized carbons (Fsp3) is 0.462. The summed E-state index contributed by atoms with van der Waals surface area (Å²) in [4.78, 5) is 30.4. The number of ether oxygens (including phenoxy) is 3. The van der Waals surface area contributed by atoms with Crippen molar-refractivity contribution in [2.75, 3.05) is 34.4 Å². The van der Waals surface area contributed by atoms with Gasteiger partial charge in [-0.15, -0.1) is 0 Å². The third-order valence-corrected chi connectivity index (χ3v) is 6.01. The van der Waals surface area contributed by atoms with Crippen molar-refractivity contribution in [2.45, 2.75) is 45.7 Å². The van der Waals surface area contributed by atoms with Crippen LogP contribution in [0.3, 0.4) is 0 Å². The molecule has 0 bridgehead atoms. The van der Waals surface area contributed by atoms with E-state index in [1.807, 2.05) is 41.3 Å². The van der Waals surface area contributed by atoms with Gasteiger partial charge in [0, 0.05) is 25.2 Å². The number of carbonyl (C=O) groups excluding carboxylic acids is 2. The molecule has 0 spiro atoms. The number of carbonyl (C=O) groups is 2. The normalized spacial score (nSPS) is 13.5. The van der Waals surface area contributed by atoms with E-state index >= 15 is 0 Å². The lowest BCUT2D eigenvalue weighted by atomic mass is 9.99. The van der Waals surface area contributed by atoms with Gasteiger partial charge < -0.3 is 24.0 Å². The third-order valence-electron chi connectivity index (χ3n) is 6.01. The molecule has 1 atom stereocenters. The summed E-state index contributed by atoms with van der Waals surface area (Å²) in [7, 11) is 4.67.